The first-order chi connectivity index (χ1) is 13.0. The van der Waals surface area contributed by atoms with E-state index in [0.717, 1.165) is 39.0 Å². The topological polar surface area (TPSA) is 64.4 Å². The number of aromatic nitrogens is 1. The van der Waals surface area contributed by atoms with E-state index in [9.17, 15) is 4.79 Å². The third kappa shape index (κ3) is 3.24. The fourth-order valence-electron chi connectivity index (χ4n) is 3.24. The Morgan fingerprint density at radius 3 is 2.59 bits per heavy atom. The summed E-state index contributed by atoms with van der Waals surface area (Å²) in [7, 11) is 1.67. The van der Waals surface area contributed by atoms with Crippen LogP contribution in [-0.4, -0.2) is 22.3 Å². The summed E-state index contributed by atoms with van der Waals surface area (Å²) in [5.41, 5.74) is 4.72. The number of thioether (sulfide) groups is 1. The van der Waals surface area contributed by atoms with Crippen molar-refractivity contribution in [3.8, 4) is 16.9 Å². The number of nitrogens with zero attached hydrogens (tertiary/aromatic N) is 1. The molecule has 0 unspecified atom stereocenters. The van der Waals surface area contributed by atoms with Gasteiger partial charge in [-0.15, -0.1) is 0 Å². The first-order valence-electron chi connectivity index (χ1n) is 8.24. The first kappa shape index (κ1) is 17.8. The minimum Gasteiger partial charge on any atom is -0.496 e. The molecule has 1 fully saturated rings. The zero-order valence-electron chi connectivity index (χ0n) is 15.0. The van der Waals surface area contributed by atoms with E-state index >= 15 is 0 Å². The number of thiocarbonyl (C=S) groups is 1. The van der Waals surface area contributed by atoms with E-state index < -0.39 is 0 Å². The van der Waals surface area contributed by atoms with E-state index in [-0.39, 0.29) is 5.91 Å². The summed E-state index contributed by atoms with van der Waals surface area (Å²) in [4.78, 5) is 16.7. The SMILES string of the molecule is COc1c(C)cc(-c2cncc3cc(/C=C4/SC(=S)NC4=O)oc23)cc1C. The van der Waals surface area contributed by atoms with Gasteiger partial charge in [-0.1, -0.05) is 24.0 Å². The van der Waals surface area contributed by atoms with Crippen molar-refractivity contribution >= 4 is 51.3 Å². The van der Waals surface area contributed by atoms with Gasteiger partial charge in [0.15, 0.2) is 0 Å². The molecule has 1 saturated heterocycles. The maximum atomic E-state index is 11.9. The lowest BCUT2D eigenvalue weighted by molar-refractivity contribution is -0.115. The van der Waals surface area contributed by atoms with Gasteiger partial charge in [-0.05, 0) is 48.7 Å². The number of benzene rings is 1. The van der Waals surface area contributed by atoms with Crippen molar-refractivity contribution in [1.82, 2.24) is 10.3 Å². The molecule has 5 nitrogen and oxygen atoms in total. The minimum atomic E-state index is -0.204. The average Bonchev–Trinajstić information content (AvgIpc) is 3.16. The van der Waals surface area contributed by atoms with Crippen LogP contribution in [0.2, 0.25) is 0 Å². The molecule has 0 saturated carbocycles. The van der Waals surface area contributed by atoms with Crippen LogP contribution in [-0.2, 0) is 4.79 Å². The van der Waals surface area contributed by atoms with Crippen LogP contribution in [0.25, 0.3) is 28.2 Å². The molecule has 1 N–H and O–H groups in total. The summed E-state index contributed by atoms with van der Waals surface area (Å²) in [5.74, 6) is 1.26. The van der Waals surface area contributed by atoms with Gasteiger partial charge >= 0.3 is 0 Å². The molecule has 1 aromatic carbocycles. The van der Waals surface area contributed by atoms with Gasteiger partial charge in [0.25, 0.3) is 5.91 Å². The highest BCUT2D eigenvalue weighted by molar-refractivity contribution is 8.26. The molecule has 7 heteroatoms. The number of furan rings is 1. The van der Waals surface area contributed by atoms with Crippen molar-refractivity contribution in [3.63, 3.8) is 0 Å². The van der Waals surface area contributed by atoms with Crippen LogP contribution in [0.4, 0.5) is 0 Å². The smallest absolute Gasteiger partial charge is 0.263 e. The van der Waals surface area contributed by atoms with E-state index in [0.29, 0.717) is 15.0 Å². The Bertz CT molecular complexity index is 1110. The molecule has 0 spiro atoms. The van der Waals surface area contributed by atoms with Crippen LogP contribution in [0.1, 0.15) is 16.9 Å². The molecule has 1 aliphatic rings. The molecule has 0 bridgehead atoms. The summed E-state index contributed by atoms with van der Waals surface area (Å²) < 4.78 is 12.0. The highest BCUT2D eigenvalue weighted by Gasteiger charge is 2.23. The lowest BCUT2D eigenvalue weighted by Gasteiger charge is -2.11. The Hall–Kier alpha value is -2.64. The number of amides is 1. The van der Waals surface area contributed by atoms with Gasteiger partial charge in [0.1, 0.15) is 21.4 Å². The molecule has 1 amide bonds. The summed E-state index contributed by atoms with van der Waals surface area (Å²) in [5, 5.41) is 3.47. The summed E-state index contributed by atoms with van der Waals surface area (Å²) >= 11 is 6.25. The zero-order chi connectivity index (χ0) is 19.1. The van der Waals surface area contributed by atoms with Crippen LogP contribution in [0.5, 0.6) is 5.75 Å². The van der Waals surface area contributed by atoms with Gasteiger partial charge in [-0.3, -0.25) is 9.78 Å². The summed E-state index contributed by atoms with van der Waals surface area (Å²) in [6, 6.07) is 5.99. The van der Waals surface area contributed by atoms with Crippen LogP contribution in [0.3, 0.4) is 0 Å². The van der Waals surface area contributed by atoms with Gasteiger partial charge < -0.3 is 14.5 Å². The minimum absolute atomic E-state index is 0.204. The van der Waals surface area contributed by atoms with E-state index in [1.54, 1.807) is 25.6 Å². The zero-order valence-corrected chi connectivity index (χ0v) is 16.6. The molecular formula is C20H16N2O3S2. The molecule has 136 valence electrons. The molecule has 4 rings (SSSR count). The Kier molecular flexibility index (Phi) is 4.49. The fraction of sp³-hybridized carbons (Fsp3) is 0.150. The van der Waals surface area contributed by atoms with Crippen molar-refractivity contribution < 1.29 is 13.9 Å². The lowest BCUT2D eigenvalue weighted by atomic mass is 10.00. The van der Waals surface area contributed by atoms with Gasteiger partial charge in [-0.25, -0.2) is 0 Å². The maximum absolute atomic E-state index is 11.9. The van der Waals surface area contributed by atoms with Crippen LogP contribution >= 0.6 is 24.0 Å². The second-order valence-electron chi connectivity index (χ2n) is 6.25. The number of hydrogen-bond acceptors (Lipinski definition) is 6. The Morgan fingerprint density at radius 1 is 1.22 bits per heavy atom. The third-order valence-corrected chi connectivity index (χ3v) is 5.50. The molecule has 27 heavy (non-hydrogen) atoms. The maximum Gasteiger partial charge on any atom is 0.263 e. The number of nitrogens with one attached hydrogen (secondary N) is 1. The molecular weight excluding hydrogens is 380 g/mol. The van der Waals surface area contributed by atoms with Crippen LogP contribution in [0, 0.1) is 13.8 Å². The number of carbonyl (C=O) groups excluding carboxylic acids is 1. The van der Waals surface area contributed by atoms with Crippen LogP contribution in [0.15, 0.2) is 39.9 Å². The molecule has 0 atom stereocenters. The number of carbonyl (C=O) groups is 1. The van der Waals surface area contributed by atoms with Gasteiger partial charge in [0, 0.05) is 29.4 Å². The fourth-order valence-corrected chi connectivity index (χ4v) is 4.26. The monoisotopic (exact) mass is 396 g/mol. The van der Waals surface area contributed by atoms with Crippen molar-refractivity contribution in [2.75, 3.05) is 7.11 Å². The molecule has 3 aromatic rings. The number of ether oxygens (including phenoxy) is 1. The third-order valence-electron chi connectivity index (χ3n) is 4.33. The predicted molar refractivity (Wildman–Crippen MR) is 112 cm³/mol. The summed E-state index contributed by atoms with van der Waals surface area (Å²) in [6.07, 6.45) is 5.24. The number of fused-ring (bicyclic) bond motifs is 1. The van der Waals surface area contributed by atoms with E-state index in [2.05, 4.69) is 22.4 Å². The molecule has 0 radical (unpaired) electrons. The number of aryl methyl sites for hydroxylation is 2. The standard InChI is InChI=1S/C20H16N2O3S2/c1-10-4-12(5-11(2)17(10)24-3)15-9-21-8-13-6-14(25-18(13)15)7-16-19(23)22-20(26)27-16/h4-9H,1-3H3,(H,22,23,26)/b16-7+. The van der Waals surface area contributed by atoms with Gasteiger partial charge in [0.05, 0.1) is 12.0 Å². The van der Waals surface area contributed by atoms with E-state index in [1.165, 1.54) is 11.8 Å². The Morgan fingerprint density at radius 2 is 1.96 bits per heavy atom. The Balaban J connectivity index is 1.82. The van der Waals surface area contributed by atoms with Gasteiger partial charge in [-0.2, -0.15) is 0 Å². The molecule has 3 heterocycles. The van der Waals surface area contributed by atoms with Crippen molar-refractivity contribution in [1.29, 1.82) is 0 Å². The summed E-state index contributed by atoms with van der Waals surface area (Å²) in [6.45, 7) is 4.03. The average molecular weight is 396 g/mol. The largest absolute Gasteiger partial charge is 0.496 e. The van der Waals surface area contributed by atoms with Crippen molar-refractivity contribution in [2.24, 2.45) is 0 Å². The number of rotatable bonds is 3. The predicted octanol–water partition coefficient (Wildman–Crippen LogP) is 4.61. The Labute approximate surface area is 165 Å². The number of pyridine rings is 1. The second kappa shape index (κ2) is 6.83. The number of hydrogen-bond donors (Lipinski definition) is 1. The van der Waals surface area contributed by atoms with Crippen molar-refractivity contribution in [2.45, 2.75) is 13.8 Å². The number of methoxy groups -OCH3 is 1. The quantitative estimate of drug-likeness (QED) is 0.515. The van der Waals surface area contributed by atoms with E-state index in [1.807, 2.05) is 19.9 Å². The van der Waals surface area contributed by atoms with Gasteiger partial charge in [0.2, 0.25) is 0 Å². The van der Waals surface area contributed by atoms with E-state index in [4.69, 9.17) is 21.4 Å². The van der Waals surface area contributed by atoms with Crippen LogP contribution < -0.4 is 10.1 Å². The highest BCUT2D eigenvalue weighted by Crippen LogP contribution is 2.35. The normalized spacial score (nSPS) is 15.6. The molecule has 1 aliphatic heterocycles. The molecule has 0 aliphatic carbocycles. The lowest BCUT2D eigenvalue weighted by Crippen LogP contribution is -2.17. The highest BCUT2D eigenvalue weighted by atomic mass is 32.2. The molecule has 2 aromatic heterocycles. The van der Waals surface area contributed by atoms with Crippen molar-refractivity contribution in [3.05, 3.63) is 52.4 Å². The second-order valence-corrected chi connectivity index (χ2v) is 7.97. The first-order valence-corrected chi connectivity index (χ1v) is 9.47.